The van der Waals surface area contributed by atoms with Crippen molar-refractivity contribution in [3.63, 3.8) is 0 Å². The van der Waals surface area contributed by atoms with Crippen LogP contribution in [0.3, 0.4) is 0 Å². The highest BCUT2D eigenvalue weighted by Gasteiger charge is 2.15. The lowest BCUT2D eigenvalue weighted by atomic mass is 10.1. The number of hydrogen-bond donors (Lipinski definition) is 1. The first kappa shape index (κ1) is 24.8. The van der Waals surface area contributed by atoms with Crippen molar-refractivity contribution in [2.75, 3.05) is 6.61 Å². The number of unbranched alkanes of at least 4 members (excludes halogenated alkanes) is 9. The standard InChI is InChI=1S/C27H38O4/c1-4-5-6-7-8-9-10-11-12-13-19-30-23-17-18-24(27(28)29)26(20-23)31-25-16-14-15-21(2)22(25)3/h14-18,20H,4-13,19H2,1-3H3,(H,28,29). The van der Waals surface area contributed by atoms with Crippen molar-refractivity contribution in [2.24, 2.45) is 0 Å². The summed E-state index contributed by atoms with van der Waals surface area (Å²) in [6.07, 6.45) is 12.8. The zero-order chi connectivity index (χ0) is 22.5. The second-order valence-electron chi connectivity index (χ2n) is 8.29. The van der Waals surface area contributed by atoms with Gasteiger partial charge in [-0.15, -0.1) is 0 Å². The second kappa shape index (κ2) is 13.7. The van der Waals surface area contributed by atoms with Gasteiger partial charge in [0.25, 0.3) is 0 Å². The van der Waals surface area contributed by atoms with E-state index >= 15 is 0 Å². The highest BCUT2D eigenvalue weighted by atomic mass is 16.5. The van der Waals surface area contributed by atoms with Gasteiger partial charge in [-0.25, -0.2) is 4.79 Å². The molecule has 31 heavy (non-hydrogen) atoms. The zero-order valence-corrected chi connectivity index (χ0v) is 19.4. The quantitative estimate of drug-likeness (QED) is 0.292. The van der Waals surface area contributed by atoms with E-state index in [0.717, 1.165) is 24.0 Å². The molecule has 0 spiro atoms. The van der Waals surface area contributed by atoms with E-state index in [4.69, 9.17) is 9.47 Å². The van der Waals surface area contributed by atoms with E-state index in [1.807, 2.05) is 32.0 Å². The number of carboxylic acids is 1. The molecule has 0 aromatic heterocycles. The SMILES string of the molecule is CCCCCCCCCCCCOc1ccc(C(=O)O)c(Oc2cccc(C)c2C)c1. The van der Waals surface area contributed by atoms with Gasteiger partial charge in [0.1, 0.15) is 22.8 Å². The van der Waals surface area contributed by atoms with Gasteiger partial charge in [0.05, 0.1) is 6.61 Å². The number of hydrogen-bond acceptors (Lipinski definition) is 3. The Hall–Kier alpha value is -2.49. The highest BCUT2D eigenvalue weighted by Crippen LogP contribution is 2.32. The molecule has 0 aliphatic rings. The van der Waals surface area contributed by atoms with Crippen LogP contribution in [-0.4, -0.2) is 17.7 Å². The van der Waals surface area contributed by atoms with Crippen LogP contribution in [0.25, 0.3) is 0 Å². The van der Waals surface area contributed by atoms with Crippen molar-refractivity contribution in [1.29, 1.82) is 0 Å². The number of aromatic carboxylic acids is 1. The fourth-order valence-corrected chi connectivity index (χ4v) is 3.59. The fraction of sp³-hybridized carbons (Fsp3) is 0.519. The third kappa shape index (κ3) is 8.64. The Morgan fingerprint density at radius 3 is 2.13 bits per heavy atom. The van der Waals surface area contributed by atoms with Crippen LogP contribution < -0.4 is 9.47 Å². The van der Waals surface area contributed by atoms with Gasteiger partial charge in [-0.3, -0.25) is 0 Å². The van der Waals surface area contributed by atoms with Gasteiger partial charge in [-0.2, -0.15) is 0 Å². The normalized spacial score (nSPS) is 10.8. The van der Waals surface area contributed by atoms with Gasteiger partial charge < -0.3 is 14.6 Å². The van der Waals surface area contributed by atoms with E-state index in [-0.39, 0.29) is 5.56 Å². The number of carboxylic acid groups (broad SMARTS) is 1. The monoisotopic (exact) mass is 426 g/mol. The first-order chi connectivity index (χ1) is 15.0. The molecule has 0 atom stereocenters. The molecule has 170 valence electrons. The summed E-state index contributed by atoms with van der Waals surface area (Å²) >= 11 is 0. The summed E-state index contributed by atoms with van der Waals surface area (Å²) in [4.78, 5) is 11.6. The topological polar surface area (TPSA) is 55.8 Å². The van der Waals surface area contributed by atoms with Gasteiger partial charge in [0.2, 0.25) is 0 Å². The van der Waals surface area contributed by atoms with Crippen LogP contribution in [0, 0.1) is 13.8 Å². The Morgan fingerprint density at radius 2 is 1.48 bits per heavy atom. The average Bonchev–Trinajstić information content (AvgIpc) is 2.75. The lowest BCUT2D eigenvalue weighted by Gasteiger charge is -2.14. The van der Waals surface area contributed by atoms with Crippen LogP contribution in [0.1, 0.15) is 92.6 Å². The lowest BCUT2D eigenvalue weighted by molar-refractivity contribution is 0.0694. The predicted molar refractivity (Wildman–Crippen MR) is 127 cm³/mol. The van der Waals surface area contributed by atoms with E-state index in [9.17, 15) is 9.90 Å². The summed E-state index contributed by atoms with van der Waals surface area (Å²) in [7, 11) is 0. The first-order valence-electron chi connectivity index (χ1n) is 11.8. The molecular weight excluding hydrogens is 388 g/mol. The number of carbonyl (C=O) groups is 1. The Labute approximate surface area is 187 Å². The Balaban J connectivity index is 1.80. The van der Waals surface area contributed by atoms with Crippen molar-refractivity contribution >= 4 is 5.97 Å². The second-order valence-corrected chi connectivity index (χ2v) is 8.29. The maximum Gasteiger partial charge on any atom is 0.339 e. The van der Waals surface area contributed by atoms with Crippen LogP contribution in [0.2, 0.25) is 0 Å². The summed E-state index contributed by atoms with van der Waals surface area (Å²) in [5.41, 5.74) is 2.23. The molecule has 2 aromatic rings. The molecule has 4 nitrogen and oxygen atoms in total. The third-order valence-electron chi connectivity index (χ3n) is 5.72. The van der Waals surface area contributed by atoms with Crippen molar-refractivity contribution < 1.29 is 19.4 Å². The fourth-order valence-electron chi connectivity index (χ4n) is 3.59. The molecule has 1 N–H and O–H groups in total. The van der Waals surface area contributed by atoms with Crippen molar-refractivity contribution in [1.82, 2.24) is 0 Å². The molecular formula is C27H38O4. The molecule has 0 radical (unpaired) electrons. The molecule has 0 saturated heterocycles. The Kier molecular flexibility index (Phi) is 11.0. The maximum absolute atomic E-state index is 11.6. The van der Waals surface area contributed by atoms with Crippen molar-refractivity contribution in [2.45, 2.75) is 85.0 Å². The van der Waals surface area contributed by atoms with Crippen LogP contribution in [-0.2, 0) is 0 Å². The number of ether oxygens (including phenoxy) is 2. The summed E-state index contributed by atoms with van der Waals surface area (Å²) in [6.45, 7) is 6.86. The number of aryl methyl sites for hydroxylation is 1. The molecule has 0 saturated carbocycles. The summed E-state index contributed by atoms with van der Waals surface area (Å²) < 4.78 is 11.8. The third-order valence-corrected chi connectivity index (χ3v) is 5.72. The molecule has 0 fully saturated rings. The molecule has 0 bridgehead atoms. The van der Waals surface area contributed by atoms with E-state index in [2.05, 4.69) is 6.92 Å². The molecule has 4 heteroatoms. The molecule has 0 heterocycles. The summed E-state index contributed by atoms with van der Waals surface area (Å²) in [5.74, 6) is 0.596. The van der Waals surface area contributed by atoms with Crippen LogP contribution in [0.4, 0.5) is 0 Å². The Morgan fingerprint density at radius 1 is 0.839 bits per heavy atom. The smallest absolute Gasteiger partial charge is 0.339 e. The lowest BCUT2D eigenvalue weighted by Crippen LogP contribution is -2.03. The maximum atomic E-state index is 11.6. The van der Waals surface area contributed by atoms with Crippen LogP contribution >= 0.6 is 0 Å². The van der Waals surface area contributed by atoms with E-state index in [0.29, 0.717) is 23.9 Å². The minimum absolute atomic E-state index is 0.132. The highest BCUT2D eigenvalue weighted by molar-refractivity contribution is 5.91. The first-order valence-corrected chi connectivity index (χ1v) is 11.8. The molecule has 2 aromatic carbocycles. The zero-order valence-electron chi connectivity index (χ0n) is 19.4. The summed E-state index contributed by atoms with van der Waals surface area (Å²) in [5, 5.41) is 9.51. The number of benzene rings is 2. The van der Waals surface area contributed by atoms with Gasteiger partial charge in [-0.1, -0.05) is 76.8 Å². The molecule has 0 amide bonds. The number of rotatable bonds is 15. The van der Waals surface area contributed by atoms with E-state index in [1.165, 1.54) is 51.4 Å². The summed E-state index contributed by atoms with van der Waals surface area (Å²) in [6, 6.07) is 10.7. The predicted octanol–water partition coefficient (Wildman–Crippen LogP) is 8.09. The Bertz CT molecular complexity index is 813. The van der Waals surface area contributed by atoms with Gasteiger partial charge in [0.15, 0.2) is 0 Å². The minimum Gasteiger partial charge on any atom is -0.493 e. The molecule has 2 rings (SSSR count). The van der Waals surface area contributed by atoms with Gasteiger partial charge in [-0.05, 0) is 49.6 Å². The largest absolute Gasteiger partial charge is 0.493 e. The van der Waals surface area contributed by atoms with Crippen molar-refractivity contribution in [3.05, 3.63) is 53.1 Å². The van der Waals surface area contributed by atoms with Gasteiger partial charge >= 0.3 is 5.97 Å². The van der Waals surface area contributed by atoms with Gasteiger partial charge in [0, 0.05) is 6.07 Å². The van der Waals surface area contributed by atoms with Crippen molar-refractivity contribution in [3.8, 4) is 17.2 Å². The van der Waals surface area contributed by atoms with E-state index < -0.39 is 5.97 Å². The average molecular weight is 427 g/mol. The minimum atomic E-state index is -1.01. The van der Waals surface area contributed by atoms with E-state index in [1.54, 1.807) is 18.2 Å². The molecule has 0 aliphatic carbocycles. The molecule has 0 unspecified atom stereocenters. The van der Waals surface area contributed by atoms with Crippen LogP contribution in [0.15, 0.2) is 36.4 Å². The molecule has 0 aliphatic heterocycles. The van der Waals surface area contributed by atoms with Crippen LogP contribution in [0.5, 0.6) is 17.2 Å².